The van der Waals surface area contributed by atoms with Gasteiger partial charge in [0, 0.05) is 36.7 Å². The minimum absolute atomic E-state index is 0.0451. The number of aromatic nitrogens is 2. The maximum absolute atomic E-state index is 12.9. The molecule has 0 saturated carbocycles. The largest absolute Gasteiger partial charge is 0.416 e. The van der Waals surface area contributed by atoms with Gasteiger partial charge in [-0.1, -0.05) is 12.1 Å². The van der Waals surface area contributed by atoms with Gasteiger partial charge in [-0.05, 0) is 49.2 Å². The molecule has 0 atom stereocenters. The van der Waals surface area contributed by atoms with Crippen LogP contribution in [0.5, 0.6) is 0 Å². The molecule has 0 aliphatic carbocycles. The molecule has 0 bridgehead atoms. The second-order valence-electron chi connectivity index (χ2n) is 7.06. The molecule has 11 heteroatoms. The number of nitrogens with zero attached hydrogens (tertiary/aromatic N) is 2. The third-order valence-electron chi connectivity index (χ3n) is 4.66. The number of amides is 1. The van der Waals surface area contributed by atoms with E-state index in [1.807, 2.05) is 4.57 Å². The normalized spacial score (nSPS) is 12.0. The highest BCUT2D eigenvalue weighted by Gasteiger charge is 2.30. The van der Waals surface area contributed by atoms with Crippen LogP contribution in [0.4, 0.5) is 18.9 Å². The molecule has 1 amide bonds. The first-order chi connectivity index (χ1) is 15.1. The molecule has 0 aliphatic rings. The lowest BCUT2D eigenvalue weighted by Gasteiger charge is -2.13. The van der Waals surface area contributed by atoms with Gasteiger partial charge in [-0.3, -0.25) is 4.79 Å². The number of anilines is 1. The van der Waals surface area contributed by atoms with E-state index in [1.165, 1.54) is 30.3 Å². The maximum Gasteiger partial charge on any atom is 0.416 e. The van der Waals surface area contributed by atoms with Crippen LogP contribution in [0, 0.1) is 6.92 Å². The number of halogens is 3. The summed E-state index contributed by atoms with van der Waals surface area (Å²) >= 11 is 0. The first-order valence-corrected chi connectivity index (χ1v) is 11.1. The molecule has 2 aromatic carbocycles. The van der Waals surface area contributed by atoms with E-state index in [-0.39, 0.29) is 22.7 Å². The average molecular weight is 466 g/mol. The standard InChI is InChI=1S/C21H21F3N4O3S/c1-15-6-7-18(32(30,31)26-8-3-10-28-11-9-25-14-28)13-19(15)20(29)27-17-5-2-4-16(12-17)21(22,23)24/h2,4-7,9,11-14,26H,3,8,10H2,1H3,(H,27,29). The molecule has 1 heterocycles. The molecule has 0 saturated heterocycles. The molecule has 3 rings (SSSR count). The summed E-state index contributed by atoms with van der Waals surface area (Å²) in [7, 11) is -3.88. The summed E-state index contributed by atoms with van der Waals surface area (Å²) in [6.07, 6.45) is 1.01. The van der Waals surface area contributed by atoms with Crippen LogP contribution in [-0.4, -0.2) is 30.4 Å². The Morgan fingerprint density at radius 1 is 1.16 bits per heavy atom. The molecule has 32 heavy (non-hydrogen) atoms. The zero-order valence-electron chi connectivity index (χ0n) is 17.1. The van der Waals surface area contributed by atoms with E-state index in [2.05, 4.69) is 15.0 Å². The smallest absolute Gasteiger partial charge is 0.337 e. The summed E-state index contributed by atoms with van der Waals surface area (Å²) in [5.74, 6) is -0.709. The minimum atomic E-state index is -4.55. The fraction of sp³-hybridized carbons (Fsp3) is 0.238. The van der Waals surface area contributed by atoms with Crippen molar-refractivity contribution in [3.05, 3.63) is 77.9 Å². The number of sulfonamides is 1. The Hall–Kier alpha value is -3.18. The van der Waals surface area contributed by atoms with Crippen LogP contribution in [0.15, 0.2) is 66.1 Å². The van der Waals surface area contributed by atoms with Crippen LogP contribution in [0.3, 0.4) is 0 Å². The summed E-state index contributed by atoms with van der Waals surface area (Å²) < 4.78 is 68.2. The van der Waals surface area contributed by atoms with E-state index in [9.17, 15) is 26.4 Å². The number of hydrogen-bond donors (Lipinski definition) is 2. The maximum atomic E-state index is 12.9. The van der Waals surface area contributed by atoms with Crippen molar-refractivity contribution in [3.8, 4) is 0 Å². The molecule has 0 unspecified atom stereocenters. The number of rotatable bonds is 8. The summed E-state index contributed by atoms with van der Waals surface area (Å²) in [6, 6.07) is 8.26. The van der Waals surface area contributed by atoms with E-state index < -0.39 is 27.7 Å². The molecule has 0 radical (unpaired) electrons. The topological polar surface area (TPSA) is 93.1 Å². The van der Waals surface area contributed by atoms with E-state index in [0.29, 0.717) is 18.5 Å². The predicted molar refractivity (Wildman–Crippen MR) is 113 cm³/mol. The molecule has 0 spiro atoms. The van der Waals surface area contributed by atoms with Crippen molar-refractivity contribution in [2.24, 2.45) is 0 Å². The molecular weight excluding hydrogens is 445 g/mol. The van der Waals surface area contributed by atoms with E-state index >= 15 is 0 Å². The van der Waals surface area contributed by atoms with Gasteiger partial charge in [0.1, 0.15) is 0 Å². The highest BCUT2D eigenvalue weighted by Crippen LogP contribution is 2.30. The van der Waals surface area contributed by atoms with Gasteiger partial charge in [0.2, 0.25) is 10.0 Å². The van der Waals surface area contributed by atoms with E-state index in [1.54, 1.807) is 25.6 Å². The van der Waals surface area contributed by atoms with Crippen LogP contribution < -0.4 is 10.0 Å². The monoisotopic (exact) mass is 466 g/mol. The van der Waals surface area contributed by atoms with Gasteiger partial charge in [0.05, 0.1) is 16.8 Å². The van der Waals surface area contributed by atoms with Gasteiger partial charge in [0.25, 0.3) is 5.91 Å². The Bertz CT molecular complexity index is 1190. The number of aryl methyl sites for hydroxylation is 2. The van der Waals surface area contributed by atoms with Gasteiger partial charge < -0.3 is 9.88 Å². The number of imidazole rings is 1. The minimum Gasteiger partial charge on any atom is -0.337 e. The Balaban J connectivity index is 1.71. The molecular formula is C21H21F3N4O3S. The second kappa shape index (κ2) is 9.53. The number of carbonyl (C=O) groups excluding carboxylic acids is 1. The van der Waals surface area contributed by atoms with Crippen molar-refractivity contribution in [3.63, 3.8) is 0 Å². The van der Waals surface area contributed by atoms with E-state index in [0.717, 1.165) is 12.1 Å². The lowest BCUT2D eigenvalue weighted by molar-refractivity contribution is -0.137. The van der Waals surface area contributed by atoms with Gasteiger partial charge in [-0.2, -0.15) is 13.2 Å². The van der Waals surface area contributed by atoms with Crippen LogP contribution in [-0.2, 0) is 22.7 Å². The van der Waals surface area contributed by atoms with Gasteiger partial charge in [-0.25, -0.2) is 18.1 Å². The van der Waals surface area contributed by atoms with Gasteiger partial charge in [0.15, 0.2) is 0 Å². The lowest BCUT2D eigenvalue weighted by Crippen LogP contribution is -2.26. The fourth-order valence-electron chi connectivity index (χ4n) is 2.96. The number of nitrogens with one attached hydrogen (secondary N) is 2. The molecule has 0 aliphatic heterocycles. The van der Waals surface area contributed by atoms with Crippen molar-refractivity contribution in [2.45, 2.75) is 31.0 Å². The van der Waals surface area contributed by atoms with Crippen LogP contribution >= 0.6 is 0 Å². The van der Waals surface area contributed by atoms with E-state index in [4.69, 9.17) is 0 Å². The first-order valence-electron chi connectivity index (χ1n) is 9.61. The van der Waals surface area contributed by atoms with Crippen LogP contribution in [0.25, 0.3) is 0 Å². The molecule has 0 fully saturated rings. The zero-order valence-corrected chi connectivity index (χ0v) is 17.9. The summed E-state index contributed by atoms with van der Waals surface area (Å²) in [4.78, 5) is 16.4. The highest BCUT2D eigenvalue weighted by molar-refractivity contribution is 7.89. The average Bonchev–Trinajstić information content (AvgIpc) is 3.24. The number of benzene rings is 2. The Labute approximate surface area is 183 Å². The lowest BCUT2D eigenvalue weighted by atomic mass is 10.1. The van der Waals surface area contributed by atoms with Crippen molar-refractivity contribution in [2.75, 3.05) is 11.9 Å². The Kier molecular flexibility index (Phi) is 6.99. The Morgan fingerprint density at radius 2 is 1.94 bits per heavy atom. The highest BCUT2D eigenvalue weighted by atomic mass is 32.2. The molecule has 170 valence electrons. The van der Waals surface area contributed by atoms with Crippen molar-refractivity contribution in [1.29, 1.82) is 0 Å². The van der Waals surface area contributed by atoms with Gasteiger partial charge >= 0.3 is 6.18 Å². The first kappa shape index (κ1) is 23.5. The van der Waals surface area contributed by atoms with Crippen LogP contribution in [0.2, 0.25) is 0 Å². The number of carbonyl (C=O) groups is 1. The summed E-state index contributed by atoms with van der Waals surface area (Å²) in [5.41, 5.74) is -0.421. The van der Waals surface area contributed by atoms with Crippen molar-refractivity contribution < 1.29 is 26.4 Å². The second-order valence-corrected chi connectivity index (χ2v) is 8.83. The van der Waals surface area contributed by atoms with Crippen molar-refractivity contribution >= 4 is 21.6 Å². The molecule has 3 aromatic rings. The zero-order chi connectivity index (χ0) is 23.4. The molecule has 7 nitrogen and oxygen atoms in total. The predicted octanol–water partition coefficient (Wildman–Crippen LogP) is 3.83. The third kappa shape index (κ3) is 5.95. The van der Waals surface area contributed by atoms with Crippen LogP contribution in [0.1, 0.15) is 27.9 Å². The fourth-order valence-corrected chi connectivity index (χ4v) is 4.06. The molecule has 1 aromatic heterocycles. The van der Waals surface area contributed by atoms with Crippen molar-refractivity contribution in [1.82, 2.24) is 14.3 Å². The Morgan fingerprint density at radius 3 is 2.62 bits per heavy atom. The van der Waals surface area contributed by atoms with Gasteiger partial charge in [-0.15, -0.1) is 0 Å². The quantitative estimate of drug-likeness (QED) is 0.494. The number of alkyl halides is 3. The molecule has 2 N–H and O–H groups in total. The third-order valence-corrected chi connectivity index (χ3v) is 6.11. The summed E-state index contributed by atoms with van der Waals surface area (Å²) in [6.45, 7) is 2.37. The number of hydrogen-bond acceptors (Lipinski definition) is 4. The summed E-state index contributed by atoms with van der Waals surface area (Å²) in [5, 5.41) is 2.40. The SMILES string of the molecule is Cc1ccc(S(=O)(=O)NCCCn2ccnc2)cc1C(=O)Nc1cccc(C(F)(F)F)c1.